The molecule has 1 aromatic heterocycles. The minimum Gasteiger partial charge on any atom is -0.497 e. The van der Waals surface area contributed by atoms with Gasteiger partial charge in [0.15, 0.2) is 0 Å². The Morgan fingerprint density at radius 2 is 1.24 bits per heavy atom. The van der Waals surface area contributed by atoms with E-state index in [1.54, 1.807) is 14.2 Å². The normalized spacial score (nSPS) is 15.2. The SMILES string of the molecule is COc1ccc(CNc2nc(NCc3ccc(OC)cc3)nc(NCC3CCCO3)n2)cc1. The van der Waals surface area contributed by atoms with Gasteiger partial charge in [-0.15, -0.1) is 0 Å². The van der Waals surface area contributed by atoms with E-state index in [-0.39, 0.29) is 6.10 Å². The molecule has 3 N–H and O–H groups in total. The van der Waals surface area contributed by atoms with Crippen molar-refractivity contribution in [1.29, 1.82) is 0 Å². The fourth-order valence-corrected chi connectivity index (χ4v) is 3.47. The largest absolute Gasteiger partial charge is 0.497 e. The van der Waals surface area contributed by atoms with E-state index in [1.165, 1.54) is 0 Å². The molecule has 3 aromatic rings. The van der Waals surface area contributed by atoms with Crippen molar-refractivity contribution in [3.8, 4) is 11.5 Å². The monoisotopic (exact) mass is 450 g/mol. The van der Waals surface area contributed by atoms with Gasteiger partial charge in [-0.3, -0.25) is 0 Å². The molecule has 1 atom stereocenters. The third kappa shape index (κ3) is 6.69. The number of aromatic nitrogens is 3. The van der Waals surface area contributed by atoms with Crippen molar-refractivity contribution in [2.75, 3.05) is 43.3 Å². The fraction of sp³-hybridized carbons (Fsp3) is 0.375. The van der Waals surface area contributed by atoms with Crippen LogP contribution in [-0.2, 0) is 17.8 Å². The summed E-state index contributed by atoms with van der Waals surface area (Å²) in [5.74, 6) is 3.14. The van der Waals surface area contributed by atoms with Gasteiger partial charge in [0.25, 0.3) is 0 Å². The lowest BCUT2D eigenvalue weighted by molar-refractivity contribution is 0.120. The van der Waals surface area contributed by atoms with Crippen molar-refractivity contribution in [1.82, 2.24) is 15.0 Å². The van der Waals surface area contributed by atoms with E-state index in [0.717, 1.165) is 42.1 Å². The van der Waals surface area contributed by atoms with Gasteiger partial charge in [-0.25, -0.2) is 0 Å². The number of ether oxygens (including phenoxy) is 3. The number of hydrogen-bond acceptors (Lipinski definition) is 9. The zero-order chi connectivity index (χ0) is 22.9. The third-order valence-electron chi connectivity index (χ3n) is 5.37. The van der Waals surface area contributed by atoms with Crippen LogP contribution in [0, 0.1) is 0 Å². The first kappa shape index (κ1) is 22.6. The molecule has 2 heterocycles. The van der Waals surface area contributed by atoms with Crippen molar-refractivity contribution in [2.24, 2.45) is 0 Å². The average molecular weight is 451 g/mol. The summed E-state index contributed by atoms with van der Waals surface area (Å²) < 4.78 is 16.1. The minimum atomic E-state index is 0.188. The minimum absolute atomic E-state index is 0.188. The van der Waals surface area contributed by atoms with E-state index < -0.39 is 0 Å². The first-order chi connectivity index (χ1) is 16.2. The van der Waals surface area contributed by atoms with Gasteiger partial charge < -0.3 is 30.2 Å². The molecule has 1 aliphatic heterocycles. The Labute approximate surface area is 193 Å². The van der Waals surface area contributed by atoms with Crippen molar-refractivity contribution in [3.05, 3.63) is 59.7 Å². The quantitative estimate of drug-likeness (QED) is 0.403. The summed E-state index contributed by atoms with van der Waals surface area (Å²) in [6.07, 6.45) is 2.32. The zero-order valence-corrected chi connectivity index (χ0v) is 19.0. The topological polar surface area (TPSA) is 102 Å². The summed E-state index contributed by atoms with van der Waals surface area (Å²) in [7, 11) is 3.31. The molecule has 1 fully saturated rings. The van der Waals surface area contributed by atoms with Gasteiger partial charge in [-0.2, -0.15) is 15.0 Å². The molecule has 0 bridgehead atoms. The smallest absolute Gasteiger partial charge is 0.229 e. The molecular weight excluding hydrogens is 420 g/mol. The maximum Gasteiger partial charge on any atom is 0.229 e. The highest BCUT2D eigenvalue weighted by molar-refractivity contribution is 5.43. The number of methoxy groups -OCH3 is 2. The highest BCUT2D eigenvalue weighted by Crippen LogP contribution is 2.17. The van der Waals surface area contributed by atoms with E-state index >= 15 is 0 Å². The molecule has 4 rings (SSSR count). The van der Waals surface area contributed by atoms with E-state index in [1.807, 2.05) is 48.5 Å². The summed E-state index contributed by atoms with van der Waals surface area (Å²) in [5, 5.41) is 9.87. The van der Waals surface area contributed by atoms with Crippen molar-refractivity contribution >= 4 is 17.8 Å². The van der Waals surface area contributed by atoms with Gasteiger partial charge in [0, 0.05) is 26.2 Å². The lowest BCUT2D eigenvalue weighted by Crippen LogP contribution is -2.20. The number of hydrogen-bond donors (Lipinski definition) is 3. The number of anilines is 3. The van der Waals surface area contributed by atoms with E-state index in [9.17, 15) is 0 Å². The molecular formula is C24H30N6O3. The Bertz CT molecular complexity index is 938. The molecule has 0 spiro atoms. The van der Waals surface area contributed by atoms with Gasteiger partial charge >= 0.3 is 0 Å². The van der Waals surface area contributed by atoms with Crippen LogP contribution in [0.25, 0.3) is 0 Å². The van der Waals surface area contributed by atoms with Crippen molar-refractivity contribution in [3.63, 3.8) is 0 Å². The first-order valence-corrected chi connectivity index (χ1v) is 11.1. The lowest BCUT2D eigenvalue weighted by Gasteiger charge is -2.14. The number of nitrogens with zero attached hydrogens (tertiary/aromatic N) is 3. The molecule has 0 radical (unpaired) electrons. The van der Waals surface area contributed by atoms with E-state index in [0.29, 0.717) is 37.5 Å². The molecule has 9 nitrogen and oxygen atoms in total. The van der Waals surface area contributed by atoms with Gasteiger partial charge in [0.05, 0.1) is 20.3 Å². The zero-order valence-electron chi connectivity index (χ0n) is 19.0. The molecule has 1 aliphatic rings. The highest BCUT2D eigenvalue weighted by Gasteiger charge is 2.16. The Kier molecular flexibility index (Phi) is 7.76. The Hall–Kier alpha value is -3.59. The van der Waals surface area contributed by atoms with Gasteiger partial charge in [-0.1, -0.05) is 24.3 Å². The predicted molar refractivity (Wildman–Crippen MR) is 128 cm³/mol. The van der Waals surface area contributed by atoms with E-state index in [4.69, 9.17) is 14.2 Å². The summed E-state index contributed by atoms with van der Waals surface area (Å²) >= 11 is 0. The number of rotatable bonds is 11. The van der Waals surface area contributed by atoms with Crippen LogP contribution in [-0.4, -0.2) is 48.4 Å². The highest BCUT2D eigenvalue weighted by atomic mass is 16.5. The van der Waals surface area contributed by atoms with Crippen LogP contribution in [0.1, 0.15) is 24.0 Å². The molecule has 1 saturated heterocycles. The van der Waals surface area contributed by atoms with Crippen LogP contribution in [0.2, 0.25) is 0 Å². The Morgan fingerprint density at radius 1 is 0.758 bits per heavy atom. The van der Waals surface area contributed by atoms with Crippen LogP contribution >= 0.6 is 0 Å². The second kappa shape index (κ2) is 11.3. The number of benzene rings is 2. The first-order valence-electron chi connectivity index (χ1n) is 11.1. The van der Waals surface area contributed by atoms with Gasteiger partial charge in [0.1, 0.15) is 11.5 Å². The van der Waals surface area contributed by atoms with E-state index in [2.05, 4.69) is 30.9 Å². The Balaban J connectivity index is 1.43. The average Bonchev–Trinajstić information content (AvgIpc) is 3.39. The maximum atomic E-state index is 5.70. The summed E-state index contributed by atoms with van der Waals surface area (Å²) in [4.78, 5) is 13.6. The molecule has 33 heavy (non-hydrogen) atoms. The third-order valence-corrected chi connectivity index (χ3v) is 5.37. The second-order valence-electron chi connectivity index (χ2n) is 7.73. The molecule has 9 heteroatoms. The van der Waals surface area contributed by atoms with Crippen LogP contribution in [0.5, 0.6) is 11.5 Å². The van der Waals surface area contributed by atoms with Gasteiger partial charge in [0.2, 0.25) is 17.8 Å². The number of nitrogens with one attached hydrogen (secondary N) is 3. The van der Waals surface area contributed by atoms with Crippen molar-refractivity contribution in [2.45, 2.75) is 32.0 Å². The molecule has 1 unspecified atom stereocenters. The lowest BCUT2D eigenvalue weighted by atomic mass is 10.2. The Morgan fingerprint density at radius 3 is 1.67 bits per heavy atom. The second-order valence-corrected chi connectivity index (χ2v) is 7.73. The molecule has 0 saturated carbocycles. The van der Waals surface area contributed by atoms with Crippen LogP contribution in [0.4, 0.5) is 17.8 Å². The fourth-order valence-electron chi connectivity index (χ4n) is 3.47. The predicted octanol–water partition coefficient (Wildman–Crippen LogP) is 3.70. The molecule has 0 aliphatic carbocycles. The van der Waals surface area contributed by atoms with Gasteiger partial charge in [-0.05, 0) is 48.2 Å². The van der Waals surface area contributed by atoms with Crippen LogP contribution in [0.15, 0.2) is 48.5 Å². The summed E-state index contributed by atoms with van der Waals surface area (Å²) in [5.41, 5.74) is 2.19. The van der Waals surface area contributed by atoms with Crippen molar-refractivity contribution < 1.29 is 14.2 Å². The standard InChI is InChI=1S/C24H30N6O3/c1-31-19-9-5-17(6-10-19)14-25-22-28-23(26-15-18-7-11-20(32-2)12-8-18)30-24(29-22)27-16-21-4-3-13-33-21/h5-12,21H,3-4,13-16H2,1-2H3,(H3,25,26,27,28,29,30). The summed E-state index contributed by atoms with van der Waals surface area (Å²) in [6, 6.07) is 15.8. The molecule has 2 aromatic carbocycles. The summed E-state index contributed by atoms with van der Waals surface area (Å²) in [6.45, 7) is 2.64. The maximum absolute atomic E-state index is 5.70. The molecule has 0 amide bonds. The van der Waals surface area contributed by atoms with Crippen LogP contribution in [0.3, 0.4) is 0 Å². The molecule has 174 valence electrons. The van der Waals surface area contributed by atoms with Crippen LogP contribution < -0.4 is 25.4 Å².